The van der Waals surface area contributed by atoms with Crippen molar-refractivity contribution >= 4 is 27.3 Å². The Labute approximate surface area is 144 Å². The molecule has 0 atom stereocenters. The maximum Gasteiger partial charge on any atom is 0.265 e. The molecule has 3 aromatic rings. The van der Waals surface area contributed by atoms with E-state index in [1.807, 2.05) is 0 Å². The summed E-state index contributed by atoms with van der Waals surface area (Å²) in [6.45, 7) is 2.98. The predicted molar refractivity (Wildman–Crippen MR) is 92.6 cm³/mol. The van der Waals surface area contributed by atoms with Crippen molar-refractivity contribution in [3.05, 3.63) is 48.4 Å². The number of sulfonamides is 1. The molecule has 1 aromatic carbocycles. The number of hydrogen-bond donors (Lipinski definition) is 3. The van der Waals surface area contributed by atoms with Crippen LogP contribution in [-0.2, 0) is 14.8 Å². The number of benzene rings is 1. The number of nitrogens with one attached hydrogen (secondary N) is 3. The minimum Gasteiger partial charge on any atom is -0.458 e. The van der Waals surface area contributed by atoms with Gasteiger partial charge in [-0.05, 0) is 37.3 Å². The summed E-state index contributed by atoms with van der Waals surface area (Å²) < 4.78 is 33.2. The molecule has 2 aromatic heterocycles. The van der Waals surface area contributed by atoms with E-state index in [9.17, 15) is 13.2 Å². The molecular formula is C16H16N4O4S. The Hall–Kier alpha value is -3.07. The highest BCUT2D eigenvalue weighted by atomic mass is 32.2. The molecule has 0 aliphatic rings. The van der Waals surface area contributed by atoms with E-state index >= 15 is 0 Å². The molecule has 2 heterocycles. The van der Waals surface area contributed by atoms with E-state index in [0.29, 0.717) is 22.8 Å². The second-order valence-electron chi connectivity index (χ2n) is 5.37. The molecule has 0 saturated carbocycles. The molecule has 0 spiro atoms. The smallest absolute Gasteiger partial charge is 0.265 e. The van der Waals surface area contributed by atoms with Gasteiger partial charge in [0.05, 0.1) is 0 Å². The summed E-state index contributed by atoms with van der Waals surface area (Å²) >= 11 is 0. The van der Waals surface area contributed by atoms with Gasteiger partial charge in [-0.3, -0.25) is 14.6 Å². The summed E-state index contributed by atoms with van der Waals surface area (Å²) in [6.07, 6.45) is 1.55. The molecule has 0 unspecified atom stereocenters. The zero-order valence-corrected chi connectivity index (χ0v) is 14.3. The van der Waals surface area contributed by atoms with Gasteiger partial charge in [0.25, 0.3) is 10.0 Å². The van der Waals surface area contributed by atoms with Crippen LogP contribution in [0.3, 0.4) is 0 Å². The zero-order chi connectivity index (χ0) is 18.0. The Morgan fingerprint density at radius 1 is 1.16 bits per heavy atom. The fourth-order valence-electron chi connectivity index (χ4n) is 2.29. The first-order valence-corrected chi connectivity index (χ1v) is 8.84. The van der Waals surface area contributed by atoms with E-state index in [1.165, 1.54) is 13.0 Å². The highest BCUT2D eigenvalue weighted by Crippen LogP contribution is 2.28. The minimum absolute atomic E-state index is 0.0445. The van der Waals surface area contributed by atoms with Gasteiger partial charge in [0, 0.05) is 30.6 Å². The second kappa shape index (κ2) is 6.44. The van der Waals surface area contributed by atoms with Crippen molar-refractivity contribution < 1.29 is 17.6 Å². The number of carbonyl (C=O) groups excluding carboxylic acids is 1. The van der Waals surface area contributed by atoms with Gasteiger partial charge in [0.15, 0.2) is 5.76 Å². The summed E-state index contributed by atoms with van der Waals surface area (Å²) in [4.78, 5) is 11.1. The topological polar surface area (TPSA) is 117 Å². The van der Waals surface area contributed by atoms with Crippen LogP contribution in [0.15, 0.2) is 51.9 Å². The average Bonchev–Trinajstić information content (AvgIpc) is 3.17. The number of amides is 1. The summed E-state index contributed by atoms with van der Waals surface area (Å²) in [7, 11) is -3.82. The van der Waals surface area contributed by atoms with Crippen LogP contribution in [0.1, 0.15) is 12.7 Å². The van der Waals surface area contributed by atoms with Gasteiger partial charge in [-0.15, -0.1) is 0 Å². The lowest BCUT2D eigenvalue weighted by molar-refractivity contribution is -0.114. The number of hydrogen-bond acceptors (Lipinski definition) is 5. The van der Waals surface area contributed by atoms with E-state index in [4.69, 9.17) is 4.42 Å². The fraction of sp³-hybridized carbons (Fsp3) is 0.125. The largest absolute Gasteiger partial charge is 0.458 e. The van der Waals surface area contributed by atoms with E-state index < -0.39 is 10.0 Å². The van der Waals surface area contributed by atoms with Crippen LogP contribution in [0.25, 0.3) is 11.5 Å². The number of furan rings is 1. The molecule has 0 aliphatic heterocycles. The number of anilines is 2. The predicted octanol–water partition coefficient (Wildman–Crippen LogP) is 2.74. The molecule has 1 amide bonds. The first-order chi connectivity index (χ1) is 11.8. The summed E-state index contributed by atoms with van der Waals surface area (Å²) in [5, 5.41) is 9.15. The van der Waals surface area contributed by atoms with Crippen molar-refractivity contribution in [2.24, 2.45) is 0 Å². The Bertz CT molecular complexity index is 989. The van der Waals surface area contributed by atoms with Crippen molar-refractivity contribution in [2.45, 2.75) is 18.7 Å². The number of nitrogens with zero attached hydrogens (tertiary/aromatic N) is 1. The lowest BCUT2D eigenvalue weighted by Gasteiger charge is -2.08. The molecule has 0 radical (unpaired) electrons. The fourth-order valence-corrected chi connectivity index (χ4v) is 3.53. The van der Waals surface area contributed by atoms with Crippen LogP contribution in [0.4, 0.5) is 11.4 Å². The van der Waals surface area contributed by atoms with E-state index in [0.717, 1.165) is 0 Å². The van der Waals surface area contributed by atoms with Crippen LogP contribution >= 0.6 is 0 Å². The zero-order valence-electron chi connectivity index (χ0n) is 13.5. The van der Waals surface area contributed by atoms with Gasteiger partial charge in [0.2, 0.25) is 5.91 Å². The molecule has 9 heteroatoms. The Morgan fingerprint density at radius 3 is 2.44 bits per heavy atom. The quantitative estimate of drug-likeness (QED) is 0.647. The number of aromatic amines is 1. The highest BCUT2D eigenvalue weighted by Gasteiger charge is 2.22. The van der Waals surface area contributed by atoms with Crippen LogP contribution in [-0.4, -0.2) is 24.5 Å². The summed E-state index contributed by atoms with van der Waals surface area (Å²) in [6, 6.07) is 9.47. The molecule has 8 nitrogen and oxygen atoms in total. The van der Waals surface area contributed by atoms with E-state index in [-0.39, 0.29) is 16.6 Å². The van der Waals surface area contributed by atoms with Crippen molar-refractivity contribution in [3.63, 3.8) is 0 Å². The molecule has 0 fully saturated rings. The lowest BCUT2D eigenvalue weighted by Crippen LogP contribution is -2.13. The molecule has 0 aliphatic carbocycles. The van der Waals surface area contributed by atoms with Crippen LogP contribution < -0.4 is 10.0 Å². The van der Waals surface area contributed by atoms with Crippen LogP contribution in [0.5, 0.6) is 0 Å². The van der Waals surface area contributed by atoms with Crippen molar-refractivity contribution in [1.82, 2.24) is 10.2 Å². The van der Waals surface area contributed by atoms with Gasteiger partial charge < -0.3 is 9.73 Å². The van der Waals surface area contributed by atoms with Gasteiger partial charge in [-0.1, -0.05) is 0 Å². The molecule has 25 heavy (non-hydrogen) atoms. The molecule has 0 saturated heterocycles. The second-order valence-corrected chi connectivity index (χ2v) is 7.02. The third-order valence-electron chi connectivity index (χ3n) is 3.39. The van der Waals surface area contributed by atoms with Crippen molar-refractivity contribution in [2.75, 3.05) is 10.0 Å². The van der Waals surface area contributed by atoms with Crippen molar-refractivity contribution in [3.8, 4) is 11.5 Å². The van der Waals surface area contributed by atoms with Crippen LogP contribution in [0.2, 0.25) is 0 Å². The summed E-state index contributed by atoms with van der Waals surface area (Å²) in [5.74, 6) is 0.456. The third-order valence-corrected chi connectivity index (χ3v) is 4.87. The molecule has 0 bridgehead atoms. The summed E-state index contributed by atoms with van der Waals surface area (Å²) in [5.41, 5.74) is 1.54. The minimum atomic E-state index is -3.82. The Balaban J connectivity index is 1.83. The van der Waals surface area contributed by atoms with Gasteiger partial charge in [0.1, 0.15) is 16.3 Å². The van der Waals surface area contributed by atoms with Gasteiger partial charge in [-0.25, -0.2) is 8.42 Å². The SMILES string of the molecule is CC(=O)Nc1ccc(NS(=O)(=O)c2cc(-c3ccn[nH]3)oc2C)cc1. The average molecular weight is 360 g/mol. The molecule has 130 valence electrons. The first-order valence-electron chi connectivity index (χ1n) is 7.36. The number of carbonyl (C=O) groups is 1. The monoisotopic (exact) mass is 360 g/mol. The molecular weight excluding hydrogens is 344 g/mol. The maximum atomic E-state index is 12.6. The number of aryl methyl sites for hydroxylation is 1. The van der Waals surface area contributed by atoms with E-state index in [1.54, 1.807) is 43.5 Å². The lowest BCUT2D eigenvalue weighted by atomic mass is 10.3. The number of rotatable bonds is 5. The van der Waals surface area contributed by atoms with Gasteiger partial charge in [-0.2, -0.15) is 5.10 Å². The molecule has 3 rings (SSSR count). The number of H-pyrrole nitrogens is 1. The standard InChI is InChI=1S/C16H16N4O4S/c1-10-16(9-15(24-10)14-7-8-17-19-14)25(22,23)20-13-5-3-12(4-6-13)18-11(2)21/h3-9,20H,1-2H3,(H,17,19)(H,18,21). The maximum absolute atomic E-state index is 12.6. The third kappa shape index (κ3) is 3.72. The van der Waals surface area contributed by atoms with Crippen molar-refractivity contribution in [1.29, 1.82) is 0 Å². The molecule has 3 N–H and O–H groups in total. The highest BCUT2D eigenvalue weighted by molar-refractivity contribution is 7.92. The number of aromatic nitrogens is 2. The first kappa shape index (κ1) is 16.8. The van der Waals surface area contributed by atoms with Gasteiger partial charge >= 0.3 is 0 Å². The van der Waals surface area contributed by atoms with Crippen LogP contribution in [0, 0.1) is 6.92 Å². The normalized spacial score (nSPS) is 11.3. The Morgan fingerprint density at radius 2 is 1.84 bits per heavy atom. The van der Waals surface area contributed by atoms with E-state index in [2.05, 4.69) is 20.2 Å². The Kier molecular flexibility index (Phi) is 4.32.